The molecule has 0 spiro atoms. The minimum Gasteiger partial charge on any atom is -0.375 e. The van der Waals surface area contributed by atoms with Crippen LogP contribution >= 0.6 is 0 Å². The Labute approximate surface area is 186 Å². The van der Waals surface area contributed by atoms with Gasteiger partial charge in [-0.1, -0.05) is 41.5 Å². The highest BCUT2D eigenvalue weighted by atomic mass is 16.5. The van der Waals surface area contributed by atoms with Crippen molar-refractivity contribution in [1.82, 2.24) is 20.0 Å². The van der Waals surface area contributed by atoms with Crippen molar-refractivity contribution in [3.63, 3.8) is 0 Å². The molecule has 2 atom stereocenters. The van der Waals surface area contributed by atoms with Gasteiger partial charge in [0.2, 0.25) is 0 Å². The lowest BCUT2D eigenvalue weighted by Crippen LogP contribution is -2.55. The molecule has 2 unspecified atom stereocenters. The van der Waals surface area contributed by atoms with E-state index in [1.807, 2.05) is 0 Å². The average Bonchev–Trinajstić information content (AvgIpc) is 2.68. The van der Waals surface area contributed by atoms with Gasteiger partial charge in [0.05, 0.1) is 12.7 Å². The summed E-state index contributed by atoms with van der Waals surface area (Å²) in [6, 6.07) is 0. The Balaban J connectivity index is 1.54. The maximum Gasteiger partial charge on any atom is 0.0765 e. The molecule has 0 aliphatic carbocycles. The number of piperidine rings is 1. The molecule has 0 aromatic heterocycles. The molecule has 30 heavy (non-hydrogen) atoms. The molecule has 5 nitrogen and oxygen atoms in total. The summed E-state index contributed by atoms with van der Waals surface area (Å²) in [5.41, 5.74) is 0.579. The summed E-state index contributed by atoms with van der Waals surface area (Å²) in [5.74, 6) is 1.52. The Morgan fingerprint density at radius 2 is 1.57 bits per heavy atom. The van der Waals surface area contributed by atoms with Crippen LogP contribution in [0.4, 0.5) is 0 Å². The summed E-state index contributed by atoms with van der Waals surface area (Å²) in [5, 5.41) is 3.49. The van der Waals surface area contributed by atoms with Gasteiger partial charge in [0.15, 0.2) is 0 Å². The van der Waals surface area contributed by atoms with Gasteiger partial charge in [-0.15, -0.1) is 0 Å². The second-order valence-electron chi connectivity index (χ2n) is 12.1. The number of piperazine rings is 1. The first kappa shape index (κ1) is 24.4. The van der Waals surface area contributed by atoms with Crippen molar-refractivity contribution >= 4 is 0 Å². The molecule has 3 heterocycles. The molecule has 3 saturated heterocycles. The third kappa shape index (κ3) is 6.90. The lowest BCUT2D eigenvalue weighted by molar-refractivity contribution is -0.0986. The molecular weight excluding hydrogens is 372 g/mol. The minimum absolute atomic E-state index is 0.195. The molecule has 0 radical (unpaired) electrons. The maximum atomic E-state index is 6.31. The number of hydrogen-bond donors (Lipinski definition) is 1. The second kappa shape index (κ2) is 10.6. The lowest BCUT2D eigenvalue weighted by Gasteiger charge is -2.48. The zero-order chi connectivity index (χ0) is 21.8. The molecule has 0 amide bonds. The van der Waals surface area contributed by atoms with Crippen LogP contribution in [0.1, 0.15) is 54.4 Å². The van der Waals surface area contributed by atoms with Gasteiger partial charge in [0.25, 0.3) is 0 Å². The molecule has 5 heteroatoms. The molecule has 3 fully saturated rings. The number of likely N-dealkylation sites (tertiary alicyclic amines) is 1. The van der Waals surface area contributed by atoms with E-state index in [2.05, 4.69) is 61.6 Å². The van der Waals surface area contributed by atoms with E-state index < -0.39 is 0 Å². The van der Waals surface area contributed by atoms with Crippen LogP contribution in [0.5, 0.6) is 0 Å². The zero-order valence-electron chi connectivity index (χ0n) is 20.9. The summed E-state index contributed by atoms with van der Waals surface area (Å²) in [7, 11) is 0. The van der Waals surface area contributed by atoms with E-state index in [1.54, 1.807) is 0 Å². The van der Waals surface area contributed by atoms with Gasteiger partial charge >= 0.3 is 0 Å². The van der Waals surface area contributed by atoms with Gasteiger partial charge in [0, 0.05) is 70.9 Å². The second-order valence-corrected chi connectivity index (χ2v) is 12.1. The highest BCUT2D eigenvalue weighted by Crippen LogP contribution is 2.37. The van der Waals surface area contributed by atoms with Crippen molar-refractivity contribution in [2.24, 2.45) is 22.7 Å². The Bertz CT molecular complexity index is 515. The van der Waals surface area contributed by atoms with E-state index >= 15 is 0 Å². The fraction of sp³-hybridized carbons (Fsp3) is 1.00. The van der Waals surface area contributed by atoms with Crippen LogP contribution in [0.3, 0.4) is 0 Å². The van der Waals surface area contributed by atoms with Gasteiger partial charge in [-0.2, -0.15) is 0 Å². The summed E-state index contributed by atoms with van der Waals surface area (Å²) in [4.78, 5) is 8.06. The third-order valence-electron chi connectivity index (χ3n) is 7.73. The fourth-order valence-electron chi connectivity index (χ4n) is 5.95. The standard InChI is InChI=1S/C25H50N4O/c1-21(2)16-28-14-15-30-23(18-28)25(5,6)20-29-11-7-8-22(17-29)24(3,4)19-27-12-9-26-10-13-27/h21-23,26H,7-20H2,1-6H3. The van der Waals surface area contributed by atoms with Crippen LogP contribution in [0.25, 0.3) is 0 Å². The van der Waals surface area contributed by atoms with Crippen LogP contribution in [0.15, 0.2) is 0 Å². The summed E-state index contributed by atoms with van der Waals surface area (Å²) < 4.78 is 6.31. The van der Waals surface area contributed by atoms with Crippen molar-refractivity contribution < 1.29 is 4.74 Å². The van der Waals surface area contributed by atoms with Crippen LogP contribution in [0.2, 0.25) is 0 Å². The van der Waals surface area contributed by atoms with Crippen molar-refractivity contribution in [2.75, 3.05) is 78.6 Å². The Kier molecular flexibility index (Phi) is 8.65. The van der Waals surface area contributed by atoms with E-state index in [0.717, 1.165) is 51.2 Å². The van der Waals surface area contributed by atoms with Crippen molar-refractivity contribution in [3.8, 4) is 0 Å². The zero-order valence-corrected chi connectivity index (χ0v) is 20.9. The molecule has 0 saturated carbocycles. The van der Waals surface area contributed by atoms with Crippen LogP contribution in [0, 0.1) is 22.7 Å². The summed E-state index contributed by atoms with van der Waals surface area (Å²) >= 11 is 0. The Hall–Kier alpha value is -0.200. The molecule has 3 rings (SSSR count). The SMILES string of the molecule is CC(C)CN1CCOC(C(C)(C)CN2CCCC(C(C)(C)CN3CCNCC3)C2)C1. The number of morpholine rings is 1. The Morgan fingerprint density at radius 3 is 2.27 bits per heavy atom. The number of nitrogens with one attached hydrogen (secondary N) is 1. The highest BCUT2D eigenvalue weighted by molar-refractivity contribution is 4.92. The first-order valence-electron chi connectivity index (χ1n) is 12.6. The first-order chi connectivity index (χ1) is 14.2. The first-order valence-corrected chi connectivity index (χ1v) is 12.6. The normalized spacial score (nSPS) is 28.9. The minimum atomic E-state index is 0.195. The molecule has 3 aliphatic heterocycles. The van der Waals surface area contributed by atoms with E-state index in [0.29, 0.717) is 11.5 Å². The Morgan fingerprint density at radius 1 is 0.867 bits per heavy atom. The number of rotatable bonds is 8. The quantitative estimate of drug-likeness (QED) is 0.650. The van der Waals surface area contributed by atoms with E-state index in [4.69, 9.17) is 4.74 Å². The maximum absolute atomic E-state index is 6.31. The van der Waals surface area contributed by atoms with Gasteiger partial charge in [-0.25, -0.2) is 0 Å². The molecular formula is C25H50N4O. The average molecular weight is 423 g/mol. The van der Waals surface area contributed by atoms with E-state index in [-0.39, 0.29) is 5.41 Å². The van der Waals surface area contributed by atoms with Gasteiger partial charge in [0.1, 0.15) is 0 Å². The number of ether oxygens (including phenoxy) is 1. The highest BCUT2D eigenvalue weighted by Gasteiger charge is 2.39. The molecule has 0 bridgehead atoms. The van der Waals surface area contributed by atoms with Gasteiger partial charge in [-0.3, -0.25) is 4.90 Å². The predicted octanol–water partition coefficient (Wildman–Crippen LogP) is 3.01. The van der Waals surface area contributed by atoms with E-state index in [9.17, 15) is 0 Å². The molecule has 3 aliphatic rings. The van der Waals surface area contributed by atoms with Crippen LogP contribution in [-0.2, 0) is 4.74 Å². The van der Waals surface area contributed by atoms with Crippen LogP contribution in [-0.4, -0.2) is 99.4 Å². The van der Waals surface area contributed by atoms with Crippen LogP contribution < -0.4 is 5.32 Å². The van der Waals surface area contributed by atoms with Gasteiger partial charge in [-0.05, 0) is 36.6 Å². The third-order valence-corrected chi connectivity index (χ3v) is 7.73. The largest absolute Gasteiger partial charge is 0.375 e. The van der Waals surface area contributed by atoms with Crippen molar-refractivity contribution in [2.45, 2.75) is 60.5 Å². The smallest absolute Gasteiger partial charge is 0.0765 e. The van der Waals surface area contributed by atoms with Crippen molar-refractivity contribution in [1.29, 1.82) is 0 Å². The predicted molar refractivity (Wildman–Crippen MR) is 127 cm³/mol. The van der Waals surface area contributed by atoms with Gasteiger partial charge < -0.3 is 19.9 Å². The topological polar surface area (TPSA) is 31.0 Å². The summed E-state index contributed by atoms with van der Waals surface area (Å²) in [6.45, 7) is 28.5. The lowest BCUT2D eigenvalue weighted by atomic mass is 9.73. The summed E-state index contributed by atoms with van der Waals surface area (Å²) in [6.07, 6.45) is 3.08. The number of nitrogens with zero attached hydrogens (tertiary/aromatic N) is 3. The fourth-order valence-corrected chi connectivity index (χ4v) is 5.95. The van der Waals surface area contributed by atoms with E-state index in [1.165, 1.54) is 52.1 Å². The molecule has 176 valence electrons. The molecule has 0 aromatic rings. The molecule has 0 aromatic carbocycles. The van der Waals surface area contributed by atoms with Crippen molar-refractivity contribution in [3.05, 3.63) is 0 Å². The molecule has 1 N–H and O–H groups in total. The monoisotopic (exact) mass is 422 g/mol. The number of hydrogen-bond acceptors (Lipinski definition) is 5.